The summed E-state index contributed by atoms with van der Waals surface area (Å²) in [6.07, 6.45) is 4.67. The van der Waals surface area contributed by atoms with E-state index in [-0.39, 0.29) is 6.42 Å². The van der Waals surface area contributed by atoms with Crippen molar-refractivity contribution in [3.8, 4) is 11.5 Å². The van der Waals surface area contributed by atoms with Crippen LogP contribution in [-0.4, -0.2) is 22.1 Å². The highest BCUT2D eigenvalue weighted by atomic mass is 127. The lowest BCUT2D eigenvalue weighted by molar-refractivity contribution is -0.138. The van der Waals surface area contributed by atoms with Gasteiger partial charge in [0.15, 0.2) is 5.75 Å². The first-order chi connectivity index (χ1) is 13.4. The standard InChI is InChI=1S/C21H18I2N2O3/c22-17-10-15(12-19(24)21(26)27)11-18(23)20(17)28-16-3-1-2-14(9-16)8-13-4-6-25-7-5-13/h1-7,9-11,19H,8,12,24H2,(H,26,27). The number of rotatable bonds is 7. The summed E-state index contributed by atoms with van der Waals surface area (Å²) in [5.41, 5.74) is 8.87. The van der Waals surface area contributed by atoms with Gasteiger partial charge in [-0.05, 0) is 111 Å². The van der Waals surface area contributed by atoms with Crippen LogP contribution in [0, 0.1) is 7.14 Å². The highest BCUT2D eigenvalue weighted by Gasteiger charge is 2.16. The lowest BCUT2D eigenvalue weighted by Crippen LogP contribution is -2.32. The molecule has 0 aliphatic heterocycles. The molecule has 1 unspecified atom stereocenters. The highest BCUT2D eigenvalue weighted by Crippen LogP contribution is 2.33. The lowest BCUT2D eigenvalue weighted by atomic mass is 10.1. The zero-order valence-corrected chi connectivity index (χ0v) is 19.1. The summed E-state index contributed by atoms with van der Waals surface area (Å²) in [5, 5.41) is 9.01. The van der Waals surface area contributed by atoms with E-state index in [0.29, 0.717) is 0 Å². The lowest BCUT2D eigenvalue weighted by Gasteiger charge is -2.14. The number of hydrogen-bond donors (Lipinski definition) is 2. The van der Waals surface area contributed by atoms with E-state index in [1.807, 2.05) is 42.5 Å². The van der Waals surface area contributed by atoms with E-state index in [0.717, 1.165) is 36.2 Å². The molecule has 0 amide bonds. The van der Waals surface area contributed by atoms with Crippen molar-refractivity contribution in [2.24, 2.45) is 5.73 Å². The number of nitrogens with two attached hydrogens (primary N) is 1. The van der Waals surface area contributed by atoms with Crippen molar-refractivity contribution in [1.29, 1.82) is 0 Å². The average Bonchev–Trinajstić information content (AvgIpc) is 2.66. The molecule has 28 heavy (non-hydrogen) atoms. The first-order valence-corrected chi connectivity index (χ1v) is 10.7. The number of carboxylic acid groups (broad SMARTS) is 1. The summed E-state index contributed by atoms with van der Waals surface area (Å²) in [4.78, 5) is 15.0. The molecular weight excluding hydrogens is 582 g/mol. The van der Waals surface area contributed by atoms with Crippen molar-refractivity contribution in [2.45, 2.75) is 18.9 Å². The van der Waals surface area contributed by atoms with E-state index in [4.69, 9.17) is 15.6 Å². The quantitative estimate of drug-likeness (QED) is 0.387. The van der Waals surface area contributed by atoms with E-state index in [9.17, 15) is 4.79 Å². The molecule has 2 aromatic carbocycles. The van der Waals surface area contributed by atoms with Gasteiger partial charge >= 0.3 is 5.97 Å². The molecule has 144 valence electrons. The van der Waals surface area contributed by atoms with E-state index >= 15 is 0 Å². The number of carboxylic acids is 1. The largest absolute Gasteiger partial charge is 0.480 e. The Morgan fingerprint density at radius 1 is 1.04 bits per heavy atom. The molecule has 0 aliphatic carbocycles. The Morgan fingerprint density at radius 2 is 1.71 bits per heavy atom. The van der Waals surface area contributed by atoms with Crippen LogP contribution in [0.15, 0.2) is 60.9 Å². The third kappa shape index (κ3) is 5.65. The monoisotopic (exact) mass is 600 g/mol. The van der Waals surface area contributed by atoms with E-state index in [1.165, 1.54) is 5.56 Å². The molecule has 7 heteroatoms. The van der Waals surface area contributed by atoms with Gasteiger partial charge in [0, 0.05) is 12.4 Å². The molecule has 0 fully saturated rings. The molecule has 3 rings (SSSR count). The van der Waals surface area contributed by atoms with Gasteiger partial charge in [-0.2, -0.15) is 0 Å². The van der Waals surface area contributed by atoms with E-state index < -0.39 is 12.0 Å². The molecule has 0 saturated carbocycles. The fourth-order valence-corrected chi connectivity index (χ4v) is 4.86. The number of nitrogens with zero attached hydrogens (tertiary/aromatic N) is 1. The predicted molar refractivity (Wildman–Crippen MR) is 125 cm³/mol. The Labute approximate surface area is 190 Å². The Kier molecular flexibility index (Phi) is 7.24. The molecule has 0 bridgehead atoms. The van der Waals surface area contributed by atoms with Crippen LogP contribution in [0.1, 0.15) is 16.7 Å². The van der Waals surface area contributed by atoms with Crippen LogP contribution < -0.4 is 10.5 Å². The smallest absolute Gasteiger partial charge is 0.320 e. The van der Waals surface area contributed by atoms with Gasteiger partial charge in [0.1, 0.15) is 11.8 Å². The summed E-state index contributed by atoms with van der Waals surface area (Å²) < 4.78 is 7.98. The van der Waals surface area contributed by atoms with Crippen LogP contribution in [0.25, 0.3) is 0 Å². The minimum absolute atomic E-state index is 0.281. The number of aliphatic carboxylic acids is 1. The zero-order chi connectivity index (χ0) is 20.1. The Balaban J connectivity index is 1.78. The van der Waals surface area contributed by atoms with Crippen LogP contribution in [0.3, 0.4) is 0 Å². The summed E-state index contributed by atoms with van der Waals surface area (Å²) >= 11 is 4.41. The zero-order valence-electron chi connectivity index (χ0n) is 14.8. The Bertz CT molecular complexity index is 957. The summed E-state index contributed by atoms with van der Waals surface area (Å²) in [6.45, 7) is 0. The molecule has 0 saturated heterocycles. The van der Waals surface area contributed by atoms with Crippen molar-refractivity contribution >= 4 is 51.2 Å². The molecule has 1 aromatic heterocycles. The van der Waals surface area contributed by atoms with Gasteiger partial charge in [-0.25, -0.2) is 0 Å². The highest BCUT2D eigenvalue weighted by molar-refractivity contribution is 14.1. The van der Waals surface area contributed by atoms with Gasteiger partial charge in [0.25, 0.3) is 0 Å². The molecule has 0 aliphatic rings. The van der Waals surface area contributed by atoms with Gasteiger partial charge in [-0.15, -0.1) is 0 Å². The minimum Gasteiger partial charge on any atom is -0.480 e. The van der Waals surface area contributed by atoms with Gasteiger partial charge in [0.05, 0.1) is 7.14 Å². The van der Waals surface area contributed by atoms with Crippen molar-refractivity contribution in [3.05, 3.63) is 84.8 Å². The first-order valence-electron chi connectivity index (χ1n) is 8.54. The van der Waals surface area contributed by atoms with Gasteiger partial charge in [-0.3, -0.25) is 9.78 Å². The number of pyridine rings is 1. The molecule has 0 radical (unpaired) electrons. The first kappa shape index (κ1) is 21.0. The van der Waals surface area contributed by atoms with Crippen molar-refractivity contribution in [1.82, 2.24) is 4.98 Å². The third-order valence-corrected chi connectivity index (χ3v) is 5.71. The number of hydrogen-bond acceptors (Lipinski definition) is 4. The molecule has 3 N–H and O–H groups in total. The van der Waals surface area contributed by atoms with Gasteiger partial charge < -0.3 is 15.6 Å². The number of carbonyl (C=O) groups is 1. The number of aromatic nitrogens is 1. The second-order valence-electron chi connectivity index (χ2n) is 6.32. The van der Waals surface area contributed by atoms with Crippen molar-refractivity contribution in [3.63, 3.8) is 0 Å². The summed E-state index contributed by atoms with van der Waals surface area (Å²) in [7, 11) is 0. The maximum atomic E-state index is 11.0. The van der Waals surface area contributed by atoms with Crippen LogP contribution in [0.5, 0.6) is 11.5 Å². The average molecular weight is 600 g/mol. The van der Waals surface area contributed by atoms with Crippen LogP contribution in [0.2, 0.25) is 0 Å². The minimum atomic E-state index is -1.00. The second kappa shape index (κ2) is 9.66. The number of benzene rings is 2. The third-order valence-electron chi connectivity index (χ3n) is 4.11. The topological polar surface area (TPSA) is 85.4 Å². The normalized spacial score (nSPS) is 11.8. The molecule has 5 nitrogen and oxygen atoms in total. The molecule has 0 spiro atoms. The van der Waals surface area contributed by atoms with Crippen LogP contribution in [0.4, 0.5) is 0 Å². The molecular formula is C21H18I2N2O3. The van der Waals surface area contributed by atoms with E-state index in [2.05, 4.69) is 56.2 Å². The van der Waals surface area contributed by atoms with Gasteiger partial charge in [0.2, 0.25) is 0 Å². The second-order valence-corrected chi connectivity index (χ2v) is 8.64. The maximum Gasteiger partial charge on any atom is 0.320 e. The van der Waals surface area contributed by atoms with Crippen LogP contribution in [-0.2, 0) is 17.6 Å². The van der Waals surface area contributed by atoms with E-state index in [1.54, 1.807) is 12.4 Å². The molecule has 1 heterocycles. The summed E-state index contributed by atoms with van der Waals surface area (Å²) in [5.74, 6) is 0.517. The fourth-order valence-electron chi connectivity index (χ4n) is 2.74. The fraction of sp³-hybridized carbons (Fsp3) is 0.143. The molecule has 1 atom stereocenters. The predicted octanol–water partition coefficient (Wildman–Crippen LogP) is 4.63. The Morgan fingerprint density at radius 3 is 2.36 bits per heavy atom. The number of ether oxygens (including phenoxy) is 1. The maximum absolute atomic E-state index is 11.0. The molecule has 3 aromatic rings. The van der Waals surface area contributed by atoms with Crippen LogP contribution >= 0.6 is 45.2 Å². The summed E-state index contributed by atoms with van der Waals surface area (Å²) in [6, 6.07) is 14.9. The van der Waals surface area contributed by atoms with Gasteiger partial charge in [-0.1, -0.05) is 12.1 Å². The Hall–Kier alpha value is -1.72. The van der Waals surface area contributed by atoms with Crippen molar-refractivity contribution < 1.29 is 14.6 Å². The van der Waals surface area contributed by atoms with Crippen molar-refractivity contribution in [2.75, 3.05) is 0 Å². The number of halogens is 2. The SMILES string of the molecule is NC(Cc1cc(I)c(Oc2cccc(Cc3ccncc3)c2)c(I)c1)C(=O)O.